The normalized spacial score (nSPS) is 10.3. The Balaban J connectivity index is 2.17. The summed E-state index contributed by atoms with van der Waals surface area (Å²) in [6.45, 7) is 0.443. The van der Waals surface area contributed by atoms with Crippen LogP contribution in [0.5, 0.6) is 0 Å². The second-order valence-corrected chi connectivity index (χ2v) is 4.65. The fourth-order valence-corrected chi connectivity index (χ4v) is 1.94. The van der Waals surface area contributed by atoms with Crippen LogP contribution in [0.3, 0.4) is 0 Å². The zero-order valence-corrected chi connectivity index (χ0v) is 11.6. The molecule has 0 unspecified atom stereocenters. The van der Waals surface area contributed by atoms with Gasteiger partial charge in [0.15, 0.2) is 0 Å². The molecular formula is C15H13ClFNO2. The van der Waals surface area contributed by atoms with Gasteiger partial charge in [0.2, 0.25) is 0 Å². The van der Waals surface area contributed by atoms with Gasteiger partial charge in [-0.15, -0.1) is 0 Å². The minimum atomic E-state index is -0.650. The predicted octanol–water partition coefficient (Wildman–Crippen LogP) is 3.88. The van der Waals surface area contributed by atoms with Crippen molar-refractivity contribution in [1.82, 2.24) is 0 Å². The molecule has 1 N–H and O–H groups in total. The number of methoxy groups -OCH3 is 1. The highest BCUT2D eigenvalue weighted by molar-refractivity contribution is 6.30. The van der Waals surface area contributed by atoms with E-state index in [9.17, 15) is 9.18 Å². The van der Waals surface area contributed by atoms with Gasteiger partial charge in [-0.1, -0.05) is 23.7 Å². The van der Waals surface area contributed by atoms with Gasteiger partial charge in [-0.2, -0.15) is 0 Å². The molecule has 104 valence electrons. The van der Waals surface area contributed by atoms with E-state index in [1.54, 1.807) is 25.3 Å². The van der Waals surface area contributed by atoms with E-state index < -0.39 is 11.7 Å². The number of rotatable bonds is 4. The average Bonchev–Trinajstić information content (AvgIpc) is 2.39. The molecule has 5 heteroatoms. The highest BCUT2D eigenvalue weighted by Gasteiger charge is 2.12. The number of hydrogen-bond acceptors (Lipinski definition) is 2. The third kappa shape index (κ3) is 3.56. The minimum Gasteiger partial charge on any atom is -0.380 e. The molecule has 0 heterocycles. The molecule has 20 heavy (non-hydrogen) atoms. The van der Waals surface area contributed by atoms with E-state index in [0.717, 1.165) is 11.6 Å². The first-order chi connectivity index (χ1) is 9.60. The fraction of sp³-hybridized carbons (Fsp3) is 0.133. The van der Waals surface area contributed by atoms with E-state index in [2.05, 4.69) is 5.32 Å². The van der Waals surface area contributed by atoms with Gasteiger partial charge < -0.3 is 10.1 Å². The molecule has 0 aliphatic rings. The van der Waals surface area contributed by atoms with Crippen molar-refractivity contribution in [3.63, 3.8) is 0 Å². The molecule has 0 spiro atoms. The minimum absolute atomic E-state index is 0.0495. The van der Waals surface area contributed by atoms with Gasteiger partial charge in [0.25, 0.3) is 5.91 Å². The maximum absolute atomic E-state index is 13.6. The second-order valence-electron chi connectivity index (χ2n) is 4.21. The summed E-state index contributed by atoms with van der Waals surface area (Å²) >= 11 is 5.65. The summed E-state index contributed by atoms with van der Waals surface area (Å²) in [5, 5.41) is 2.89. The van der Waals surface area contributed by atoms with E-state index in [1.165, 1.54) is 12.1 Å². The van der Waals surface area contributed by atoms with E-state index in [0.29, 0.717) is 12.3 Å². The van der Waals surface area contributed by atoms with Gasteiger partial charge in [-0.25, -0.2) is 4.39 Å². The number of carbonyl (C=O) groups excluding carboxylic acids is 1. The number of halogens is 2. The van der Waals surface area contributed by atoms with Gasteiger partial charge in [0.1, 0.15) is 5.82 Å². The van der Waals surface area contributed by atoms with Crippen molar-refractivity contribution in [2.24, 2.45) is 0 Å². The molecule has 0 saturated heterocycles. The van der Waals surface area contributed by atoms with Crippen LogP contribution in [-0.2, 0) is 11.3 Å². The highest BCUT2D eigenvalue weighted by atomic mass is 35.5. The lowest BCUT2D eigenvalue weighted by Gasteiger charge is -2.08. The first kappa shape index (κ1) is 14.5. The summed E-state index contributed by atoms with van der Waals surface area (Å²) < 4.78 is 18.7. The Morgan fingerprint density at radius 2 is 2.10 bits per heavy atom. The van der Waals surface area contributed by atoms with Crippen molar-refractivity contribution in [2.75, 3.05) is 12.4 Å². The molecule has 3 nitrogen and oxygen atoms in total. The molecule has 0 fully saturated rings. The number of ether oxygens (including phenoxy) is 1. The number of carbonyl (C=O) groups is 1. The molecule has 1 amide bonds. The van der Waals surface area contributed by atoms with Crippen LogP contribution in [0.25, 0.3) is 0 Å². The molecule has 0 atom stereocenters. The molecule has 0 aliphatic carbocycles. The number of amides is 1. The molecule has 0 bridgehead atoms. The summed E-state index contributed by atoms with van der Waals surface area (Å²) in [4.78, 5) is 12.0. The third-order valence-electron chi connectivity index (χ3n) is 2.67. The Kier molecular flexibility index (Phi) is 4.71. The largest absolute Gasteiger partial charge is 0.380 e. The first-order valence-corrected chi connectivity index (χ1v) is 6.32. The number of benzene rings is 2. The molecule has 2 aromatic rings. The second kappa shape index (κ2) is 6.50. The first-order valence-electron chi connectivity index (χ1n) is 5.94. The maximum atomic E-state index is 13.6. The Morgan fingerprint density at radius 1 is 1.30 bits per heavy atom. The quantitative estimate of drug-likeness (QED) is 0.929. The molecular weight excluding hydrogens is 281 g/mol. The summed E-state index contributed by atoms with van der Waals surface area (Å²) in [5.74, 6) is -1.17. The molecule has 0 aliphatic heterocycles. The van der Waals surface area contributed by atoms with Gasteiger partial charge >= 0.3 is 0 Å². The van der Waals surface area contributed by atoms with Crippen LogP contribution in [0.1, 0.15) is 15.9 Å². The molecule has 0 aromatic heterocycles. The lowest BCUT2D eigenvalue weighted by Crippen LogP contribution is -2.13. The topological polar surface area (TPSA) is 38.3 Å². The van der Waals surface area contributed by atoms with Crippen LogP contribution in [0.2, 0.25) is 5.02 Å². The number of anilines is 1. The Bertz CT molecular complexity index is 631. The van der Waals surface area contributed by atoms with Crippen molar-refractivity contribution in [3.8, 4) is 0 Å². The highest BCUT2D eigenvalue weighted by Crippen LogP contribution is 2.17. The van der Waals surface area contributed by atoms with Crippen LogP contribution in [-0.4, -0.2) is 13.0 Å². The van der Waals surface area contributed by atoms with Crippen molar-refractivity contribution in [1.29, 1.82) is 0 Å². The summed E-state index contributed by atoms with van der Waals surface area (Å²) in [6, 6.07) is 11.1. The standard InChI is InChI=1S/C15H13ClFNO2/c1-20-9-10-3-2-4-12(7-10)18-15(19)13-6-5-11(16)8-14(13)17/h2-8H,9H2,1H3,(H,18,19). The van der Waals surface area contributed by atoms with Crippen LogP contribution < -0.4 is 5.32 Å². The third-order valence-corrected chi connectivity index (χ3v) is 2.91. The Morgan fingerprint density at radius 3 is 2.80 bits per heavy atom. The SMILES string of the molecule is COCc1cccc(NC(=O)c2ccc(Cl)cc2F)c1. The predicted molar refractivity (Wildman–Crippen MR) is 76.5 cm³/mol. The molecule has 2 aromatic carbocycles. The van der Waals surface area contributed by atoms with Crippen molar-refractivity contribution in [3.05, 3.63) is 64.4 Å². The van der Waals surface area contributed by atoms with E-state index in [1.807, 2.05) is 6.07 Å². The molecule has 2 rings (SSSR count). The van der Waals surface area contributed by atoms with Gasteiger partial charge in [0.05, 0.1) is 12.2 Å². The average molecular weight is 294 g/mol. The van der Waals surface area contributed by atoms with Crippen molar-refractivity contribution >= 4 is 23.2 Å². The van der Waals surface area contributed by atoms with Crippen LogP contribution in [0.15, 0.2) is 42.5 Å². The van der Waals surface area contributed by atoms with Gasteiger partial charge in [-0.05, 0) is 35.9 Å². The fourth-order valence-electron chi connectivity index (χ4n) is 1.78. The summed E-state index contributed by atoms with van der Waals surface area (Å²) in [6.07, 6.45) is 0. The lowest BCUT2D eigenvalue weighted by molar-refractivity contribution is 0.102. The smallest absolute Gasteiger partial charge is 0.258 e. The number of hydrogen-bond donors (Lipinski definition) is 1. The Hall–Kier alpha value is -1.91. The maximum Gasteiger partial charge on any atom is 0.258 e. The van der Waals surface area contributed by atoms with Gasteiger partial charge in [0, 0.05) is 17.8 Å². The van der Waals surface area contributed by atoms with E-state index >= 15 is 0 Å². The monoisotopic (exact) mass is 293 g/mol. The zero-order chi connectivity index (χ0) is 14.5. The van der Waals surface area contributed by atoms with Crippen molar-refractivity contribution in [2.45, 2.75) is 6.61 Å². The summed E-state index contributed by atoms with van der Waals surface area (Å²) in [5.41, 5.74) is 1.45. The van der Waals surface area contributed by atoms with Gasteiger partial charge in [-0.3, -0.25) is 4.79 Å². The molecule has 0 radical (unpaired) electrons. The van der Waals surface area contributed by atoms with Crippen LogP contribution in [0, 0.1) is 5.82 Å². The van der Waals surface area contributed by atoms with Crippen LogP contribution >= 0.6 is 11.6 Å². The number of nitrogens with one attached hydrogen (secondary N) is 1. The van der Waals surface area contributed by atoms with Crippen LogP contribution in [0.4, 0.5) is 10.1 Å². The van der Waals surface area contributed by atoms with E-state index in [4.69, 9.17) is 16.3 Å². The lowest BCUT2D eigenvalue weighted by atomic mass is 10.1. The molecule has 0 saturated carbocycles. The van der Waals surface area contributed by atoms with Crippen molar-refractivity contribution < 1.29 is 13.9 Å². The summed E-state index contributed by atoms with van der Waals surface area (Å²) in [7, 11) is 1.59. The zero-order valence-electron chi connectivity index (χ0n) is 10.8. The van der Waals surface area contributed by atoms with E-state index in [-0.39, 0.29) is 10.6 Å². The Labute approximate surface area is 121 Å².